The van der Waals surface area contributed by atoms with Crippen LogP contribution in [0.3, 0.4) is 0 Å². The molecule has 0 saturated heterocycles. The number of aliphatic hydroxyl groups is 1. The number of carbonyl (C=O) groups is 1. The summed E-state index contributed by atoms with van der Waals surface area (Å²) < 4.78 is 13.3. The van der Waals surface area contributed by atoms with E-state index in [1.807, 2.05) is 20.8 Å². The smallest absolute Gasteiger partial charge is 0.252 e. The molecule has 0 spiro atoms. The van der Waals surface area contributed by atoms with Crippen molar-refractivity contribution in [1.29, 1.82) is 0 Å². The van der Waals surface area contributed by atoms with Gasteiger partial charge in [0.25, 0.3) is 5.91 Å². The second-order valence-electron chi connectivity index (χ2n) is 4.88. The highest BCUT2D eigenvalue weighted by Crippen LogP contribution is 2.13. The molecule has 0 heterocycles. The van der Waals surface area contributed by atoms with Crippen molar-refractivity contribution in [3.05, 3.63) is 35.1 Å². The molecule has 1 unspecified atom stereocenters. The fourth-order valence-corrected chi connectivity index (χ4v) is 1.93. The van der Waals surface area contributed by atoms with Gasteiger partial charge in [0.1, 0.15) is 12.4 Å². The first-order chi connectivity index (χ1) is 9.49. The second kappa shape index (κ2) is 7.66. The summed E-state index contributed by atoms with van der Waals surface area (Å²) in [5.41, 5.74) is 0.613. The number of rotatable bonds is 4. The molecule has 4 heteroatoms. The number of hydrogen-bond acceptors (Lipinski definition) is 2. The van der Waals surface area contributed by atoms with Crippen molar-refractivity contribution >= 4 is 5.91 Å². The predicted octanol–water partition coefficient (Wildman–Crippen LogP) is 2.33. The number of halogens is 1. The van der Waals surface area contributed by atoms with Crippen LogP contribution in [-0.2, 0) is 0 Å². The monoisotopic (exact) mass is 277 g/mol. The normalized spacial score (nSPS) is 11.7. The molecule has 1 rings (SSSR count). The molecule has 2 N–H and O–H groups in total. The Kier molecular flexibility index (Phi) is 6.20. The van der Waals surface area contributed by atoms with Gasteiger partial charge in [0.15, 0.2) is 0 Å². The van der Waals surface area contributed by atoms with E-state index in [0.717, 1.165) is 6.42 Å². The van der Waals surface area contributed by atoms with E-state index < -0.39 is 5.82 Å². The van der Waals surface area contributed by atoms with Gasteiger partial charge in [-0.1, -0.05) is 32.6 Å². The molecule has 0 aliphatic rings. The van der Waals surface area contributed by atoms with Crippen molar-refractivity contribution in [2.45, 2.75) is 33.2 Å². The summed E-state index contributed by atoms with van der Waals surface area (Å²) in [4.78, 5) is 12.2. The van der Waals surface area contributed by atoms with Crippen LogP contribution < -0.4 is 5.32 Å². The lowest BCUT2D eigenvalue weighted by Gasteiger charge is -2.21. The molecule has 0 aromatic heterocycles. The Labute approximate surface area is 119 Å². The highest BCUT2D eigenvalue weighted by molar-refractivity contribution is 5.97. The van der Waals surface area contributed by atoms with Crippen molar-refractivity contribution in [1.82, 2.24) is 5.32 Å². The molecule has 0 aliphatic carbocycles. The van der Waals surface area contributed by atoms with Crippen molar-refractivity contribution in [3.63, 3.8) is 0 Å². The quantitative estimate of drug-likeness (QED) is 0.830. The average molecular weight is 277 g/mol. The highest BCUT2D eigenvalue weighted by atomic mass is 19.1. The molecule has 0 radical (unpaired) electrons. The number of amides is 1. The molecule has 1 atom stereocenters. The van der Waals surface area contributed by atoms with Crippen LogP contribution in [0.4, 0.5) is 4.39 Å². The molecule has 108 valence electrons. The molecule has 3 nitrogen and oxygen atoms in total. The van der Waals surface area contributed by atoms with Crippen LogP contribution in [0.25, 0.3) is 0 Å². The lowest BCUT2D eigenvalue weighted by atomic mass is 10.0. The van der Waals surface area contributed by atoms with Crippen LogP contribution in [0.1, 0.15) is 43.1 Å². The molecule has 0 aliphatic heterocycles. The maximum absolute atomic E-state index is 13.3. The van der Waals surface area contributed by atoms with Crippen LogP contribution in [0.15, 0.2) is 18.2 Å². The van der Waals surface area contributed by atoms with E-state index in [2.05, 4.69) is 17.2 Å². The first-order valence-corrected chi connectivity index (χ1v) is 6.69. The number of carbonyl (C=O) groups excluding carboxylic acids is 1. The SMILES string of the molecule is CCC(NC(=O)c1cc(F)ccc1C#CCO)C(C)C. The number of nitrogens with one attached hydrogen (secondary N) is 1. The first kappa shape index (κ1) is 16.2. The molecule has 1 amide bonds. The Morgan fingerprint density at radius 2 is 2.15 bits per heavy atom. The predicted molar refractivity (Wildman–Crippen MR) is 76.7 cm³/mol. The third-order valence-electron chi connectivity index (χ3n) is 3.09. The molecule has 1 aromatic carbocycles. The molecule has 1 aromatic rings. The Bertz CT molecular complexity index is 529. The molecular weight excluding hydrogens is 257 g/mol. The Hall–Kier alpha value is -1.86. The lowest BCUT2D eigenvalue weighted by molar-refractivity contribution is 0.0924. The van der Waals surface area contributed by atoms with Gasteiger partial charge in [0.2, 0.25) is 0 Å². The molecular formula is C16H20FNO2. The van der Waals surface area contributed by atoms with Gasteiger partial charge in [-0.25, -0.2) is 4.39 Å². The second-order valence-corrected chi connectivity index (χ2v) is 4.88. The Balaban J connectivity index is 3.04. The van der Waals surface area contributed by atoms with Crippen molar-refractivity contribution in [2.24, 2.45) is 5.92 Å². The van der Waals surface area contributed by atoms with Gasteiger partial charge in [-0.2, -0.15) is 0 Å². The van der Waals surface area contributed by atoms with Gasteiger partial charge in [-0.3, -0.25) is 4.79 Å². The fourth-order valence-electron chi connectivity index (χ4n) is 1.93. The third-order valence-corrected chi connectivity index (χ3v) is 3.09. The average Bonchev–Trinajstić information content (AvgIpc) is 2.42. The van der Waals surface area contributed by atoms with Gasteiger partial charge in [0, 0.05) is 11.6 Å². The van der Waals surface area contributed by atoms with Crippen LogP contribution >= 0.6 is 0 Å². The van der Waals surface area contributed by atoms with Gasteiger partial charge in [0.05, 0.1) is 5.56 Å². The number of hydrogen-bond donors (Lipinski definition) is 2. The summed E-state index contributed by atoms with van der Waals surface area (Å²) in [7, 11) is 0. The summed E-state index contributed by atoms with van der Waals surface area (Å²) in [6.07, 6.45) is 0.802. The van der Waals surface area contributed by atoms with Crippen molar-refractivity contribution < 1.29 is 14.3 Å². The zero-order valence-electron chi connectivity index (χ0n) is 12.0. The summed E-state index contributed by atoms with van der Waals surface area (Å²) >= 11 is 0. The molecule has 0 fully saturated rings. The maximum Gasteiger partial charge on any atom is 0.252 e. The minimum atomic E-state index is -0.484. The molecule has 20 heavy (non-hydrogen) atoms. The fraction of sp³-hybridized carbons (Fsp3) is 0.438. The lowest BCUT2D eigenvalue weighted by Crippen LogP contribution is -2.38. The maximum atomic E-state index is 13.3. The van der Waals surface area contributed by atoms with Crippen LogP contribution in [0, 0.1) is 23.6 Å². The van der Waals surface area contributed by atoms with E-state index in [1.54, 1.807) is 0 Å². The number of aliphatic hydroxyl groups excluding tert-OH is 1. The molecule has 0 saturated carbocycles. The zero-order valence-corrected chi connectivity index (χ0v) is 12.0. The van der Waals surface area contributed by atoms with Gasteiger partial charge < -0.3 is 10.4 Å². The van der Waals surface area contributed by atoms with Gasteiger partial charge in [-0.05, 0) is 30.5 Å². The largest absolute Gasteiger partial charge is 0.384 e. The Morgan fingerprint density at radius 3 is 2.70 bits per heavy atom. The van der Waals surface area contributed by atoms with Crippen molar-refractivity contribution in [2.75, 3.05) is 6.61 Å². The summed E-state index contributed by atoms with van der Waals surface area (Å²) in [5.74, 6) is 4.61. The highest BCUT2D eigenvalue weighted by Gasteiger charge is 2.17. The number of benzene rings is 1. The third kappa shape index (κ3) is 4.36. The van der Waals surface area contributed by atoms with E-state index in [1.165, 1.54) is 18.2 Å². The van der Waals surface area contributed by atoms with E-state index >= 15 is 0 Å². The van der Waals surface area contributed by atoms with E-state index in [9.17, 15) is 9.18 Å². The van der Waals surface area contributed by atoms with Crippen molar-refractivity contribution in [3.8, 4) is 11.8 Å². The van der Waals surface area contributed by atoms with Crippen LogP contribution in [-0.4, -0.2) is 23.7 Å². The summed E-state index contributed by atoms with van der Waals surface area (Å²) in [6.45, 7) is 5.73. The Morgan fingerprint density at radius 1 is 1.45 bits per heavy atom. The van der Waals surface area contributed by atoms with Gasteiger partial charge in [-0.15, -0.1) is 0 Å². The first-order valence-electron chi connectivity index (χ1n) is 6.69. The van der Waals surface area contributed by atoms with Crippen LogP contribution in [0.2, 0.25) is 0 Å². The standard InChI is InChI=1S/C16H20FNO2/c1-4-15(11(2)3)18-16(20)14-10-13(17)8-7-12(14)6-5-9-19/h7-8,10-11,15,19H,4,9H2,1-3H3,(H,18,20). The van der Waals surface area contributed by atoms with E-state index in [0.29, 0.717) is 11.5 Å². The zero-order chi connectivity index (χ0) is 15.1. The minimum absolute atomic E-state index is 0.0319. The summed E-state index contributed by atoms with van der Waals surface area (Å²) in [6, 6.07) is 3.90. The van der Waals surface area contributed by atoms with Crippen LogP contribution in [0.5, 0.6) is 0 Å². The van der Waals surface area contributed by atoms with E-state index in [4.69, 9.17) is 5.11 Å². The van der Waals surface area contributed by atoms with E-state index in [-0.39, 0.29) is 24.1 Å². The summed E-state index contributed by atoms with van der Waals surface area (Å²) in [5, 5.41) is 11.6. The topological polar surface area (TPSA) is 49.3 Å². The minimum Gasteiger partial charge on any atom is -0.384 e. The van der Waals surface area contributed by atoms with Gasteiger partial charge >= 0.3 is 0 Å². The molecule has 0 bridgehead atoms.